The van der Waals surface area contributed by atoms with Crippen molar-refractivity contribution in [2.75, 3.05) is 6.61 Å². The molecule has 88 valence electrons. The number of ketones is 1. The monoisotopic (exact) mass is 215 g/mol. The minimum Gasteiger partial charge on any atom is -0.460 e. The number of rotatable bonds is 7. The molecule has 0 aliphatic carbocycles. The van der Waals surface area contributed by atoms with Crippen LogP contribution in [0.4, 0.5) is 0 Å². The summed E-state index contributed by atoms with van der Waals surface area (Å²) in [5.74, 6) is -0.840. The van der Waals surface area contributed by atoms with Gasteiger partial charge in [0.15, 0.2) is 0 Å². The van der Waals surface area contributed by atoms with Gasteiger partial charge in [-0.05, 0) is 25.2 Å². The second kappa shape index (κ2) is 7.40. The molecule has 0 aliphatic rings. The molecule has 2 N–H and O–H groups in total. The lowest BCUT2D eigenvalue weighted by Crippen LogP contribution is -2.36. The second-order valence-corrected chi connectivity index (χ2v) is 4.05. The summed E-state index contributed by atoms with van der Waals surface area (Å²) in [6, 6.07) is -0.720. The van der Waals surface area contributed by atoms with E-state index in [1.807, 2.05) is 0 Å². The van der Waals surface area contributed by atoms with Crippen LogP contribution < -0.4 is 5.73 Å². The van der Waals surface area contributed by atoms with Crippen molar-refractivity contribution in [3.05, 3.63) is 0 Å². The van der Waals surface area contributed by atoms with Gasteiger partial charge in [0.05, 0.1) is 12.6 Å². The number of hydrogen-bond acceptors (Lipinski definition) is 4. The van der Waals surface area contributed by atoms with Crippen molar-refractivity contribution in [2.45, 2.75) is 46.1 Å². The Bertz CT molecular complexity index is 214. The molecule has 0 amide bonds. The van der Waals surface area contributed by atoms with Gasteiger partial charge in [-0.15, -0.1) is 0 Å². The van der Waals surface area contributed by atoms with E-state index in [4.69, 9.17) is 10.5 Å². The first-order valence-electron chi connectivity index (χ1n) is 5.45. The molecular formula is C11H21NO3. The maximum Gasteiger partial charge on any atom is 0.376 e. The molecule has 1 atom stereocenters. The Kier molecular flexibility index (Phi) is 6.96. The molecule has 0 saturated heterocycles. The summed E-state index contributed by atoms with van der Waals surface area (Å²) in [5.41, 5.74) is 5.42. The number of esters is 1. The predicted octanol–water partition coefficient (Wildman–Crippen LogP) is 1.27. The maximum absolute atomic E-state index is 11.2. The summed E-state index contributed by atoms with van der Waals surface area (Å²) in [4.78, 5) is 22.3. The third kappa shape index (κ3) is 6.23. The lowest BCUT2D eigenvalue weighted by atomic mass is 10.1. The molecule has 0 saturated carbocycles. The van der Waals surface area contributed by atoms with Gasteiger partial charge < -0.3 is 10.5 Å². The Balaban J connectivity index is 3.70. The summed E-state index contributed by atoms with van der Waals surface area (Å²) in [5, 5.41) is 0. The summed E-state index contributed by atoms with van der Waals surface area (Å²) in [7, 11) is 0. The minimum absolute atomic E-state index is 0.305. The van der Waals surface area contributed by atoms with E-state index in [1.54, 1.807) is 6.92 Å². The summed E-state index contributed by atoms with van der Waals surface area (Å²) in [6.45, 7) is 6.26. The van der Waals surface area contributed by atoms with E-state index < -0.39 is 17.8 Å². The molecule has 0 heterocycles. The summed E-state index contributed by atoms with van der Waals surface area (Å²) < 4.78 is 4.81. The van der Waals surface area contributed by atoms with Crippen LogP contribution in [0.2, 0.25) is 0 Å². The number of hydrogen-bond donors (Lipinski definition) is 1. The van der Waals surface area contributed by atoms with Crippen LogP contribution in [0.1, 0.15) is 40.0 Å². The Labute approximate surface area is 91.2 Å². The van der Waals surface area contributed by atoms with Crippen molar-refractivity contribution < 1.29 is 14.3 Å². The van der Waals surface area contributed by atoms with Gasteiger partial charge >= 0.3 is 5.97 Å². The number of nitrogens with two attached hydrogens (primary N) is 1. The van der Waals surface area contributed by atoms with E-state index in [0.29, 0.717) is 18.9 Å². The van der Waals surface area contributed by atoms with Gasteiger partial charge in [0.1, 0.15) is 0 Å². The van der Waals surface area contributed by atoms with Crippen LogP contribution in [-0.4, -0.2) is 24.4 Å². The first-order valence-corrected chi connectivity index (χ1v) is 5.45. The molecule has 0 bridgehead atoms. The zero-order valence-electron chi connectivity index (χ0n) is 9.79. The topological polar surface area (TPSA) is 69.4 Å². The number of Topliss-reactive ketones (excluding diaryl/α,β-unsaturated/α-hetero) is 1. The van der Waals surface area contributed by atoms with Crippen LogP contribution in [0, 0.1) is 5.92 Å². The Morgan fingerprint density at radius 2 is 1.93 bits per heavy atom. The van der Waals surface area contributed by atoms with Gasteiger partial charge in [0.25, 0.3) is 5.78 Å². The van der Waals surface area contributed by atoms with Crippen molar-refractivity contribution in [1.82, 2.24) is 0 Å². The molecule has 0 aromatic rings. The third-order valence-corrected chi connectivity index (χ3v) is 2.14. The minimum atomic E-state index is -0.798. The van der Waals surface area contributed by atoms with Crippen LogP contribution >= 0.6 is 0 Å². The lowest BCUT2D eigenvalue weighted by Gasteiger charge is -2.08. The van der Waals surface area contributed by atoms with Gasteiger partial charge in [0, 0.05) is 0 Å². The highest BCUT2D eigenvalue weighted by Gasteiger charge is 2.21. The zero-order valence-corrected chi connectivity index (χ0v) is 9.79. The van der Waals surface area contributed by atoms with E-state index in [0.717, 1.165) is 12.8 Å². The van der Waals surface area contributed by atoms with Gasteiger partial charge in [-0.3, -0.25) is 4.79 Å². The van der Waals surface area contributed by atoms with Crippen LogP contribution in [0.5, 0.6) is 0 Å². The number of ether oxygens (including phenoxy) is 1. The fraction of sp³-hybridized carbons (Fsp3) is 0.818. The largest absolute Gasteiger partial charge is 0.460 e. The highest BCUT2D eigenvalue weighted by Crippen LogP contribution is 2.03. The Morgan fingerprint density at radius 1 is 1.33 bits per heavy atom. The van der Waals surface area contributed by atoms with Crippen molar-refractivity contribution in [2.24, 2.45) is 11.7 Å². The van der Waals surface area contributed by atoms with Gasteiger partial charge in [-0.25, -0.2) is 4.79 Å². The van der Waals surface area contributed by atoms with Crippen LogP contribution in [0.3, 0.4) is 0 Å². The van der Waals surface area contributed by atoms with Gasteiger partial charge in [0.2, 0.25) is 0 Å². The SMILES string of the molecule is CCC(N)C(=O)C(=O)OCCCC(C)C. The standard InChI is InChI=1S/C11H21NO3/c1-4-9(12)10(13)11(14)15-7-5-6-8(2)3/h8-9H,4-7,12H2,1-3H3. The molecule has 0 aliphatic heterocycles. The molecule has 0 fully saturated rings. The first-order chi connectivity index (χ1) is 6.99. The van der Waals surface area contributed by atoms with Crippen LogP contribution in [-0.2, 0) is 14.3 Å². The molecule has 1 unspecified atom stereocenters. The molecule has 15 heavy (non-hydrogen) atoms. The fourth-order valence-electron chi connectivity index (χ4n) is 1.06. The predicted molar refractivity (Wildman–Crippen MR) is 58.3 cm³/mol. The van der Waals surface area contributed by atoms with E-state index in [-0.39, 0.29) is 0 Å². The molecule has 0 spiro atoms. The highest BCUT2D eigenvalue weighted by molar-refractivity contribution is 6.35. The molecule has 4 nitrogen and oxygen atoms in total. The molecular weight excluding hydrogens is 194 g/mol. The van der Waals surface area contributed by atoms with E-state index in [1.165, 1.54) is 0 Å². The Hall–Kier alpha value is -0.900. The van der Waals surface area contributed by atoms with Crippen LogP contribution in [0.15, 0.2) is 0 Å². The van der Waals surface area contributed by atoms with Crippen molar-refractivity contribution in [3.63, 3.8) is 0 Å². The molecule has 0 aromatic heterocycles. The molecule has 0 aromatic carbocycles. The average molecular weight is 215 g/mol. The third-order valence-electron chi connectivity index (χ3n) is 2.14. The van der Waals surface area contributed by atoms with Crippen molar-refractivity contribution in [3.8, 4) is 0 Å². The molecule has 4 heteroatoms. The summed E-state index contributed by atoms with van der Waals surface area (Å²) >= 11 is 0. The van der Waals surface area contributed by atoms with E-state index in [2.05, 4.69) is 13.8 Å². The van der Waals surface area contributed by atoms with E-state index in [9.17, 15) is 9.59 Å². The quantitative estimate of drug-likeness (QED) is 0.394. The van der Waals surface area contributed by atoms with Crippen molar-refractivity contribution in [1.29, 1.82) is 0 Å². The molecule has 0 radical (unpaired) electrons. The normalized spacial score (nSPS) is 12.6. The molecule has 0 rings (SSSR count). The van der Waals surface area contributed by atoms with Crippen LogP contribution in [0.25, 0.3) is 0 Å². The summed E-state index contributed by atoms with van der Waals surface area (Å²) in [6.07, 6.45) is 2.24. The smallest absolute Gasteiger partial charge is 0.376 e. The van der Waals surface area contributed by atoms with Crippen molar-refractivity contribution >= 4 is 11.8 Å². The number of carbonyl (C=O) groups excluding carboxylic acids is 2. The fourth-order valence-corrected chi connectivity index (χ4v) is 1.06. The van der Waals surface area contributed by atoms with Gasteiger partial charge in [-0.2, -0.15) is 0 Å². The maximum atomic E-state index is 11.2. The lowest BCUT2D eigenvalue weighted by molar-refractivity contribution is -0.154. The number of carbonyl (C=O) groups is 2. The zero-order chi connectivity index (χ0) is 11.8. The Morgan fingerprint density at radius 3 is 2.40 bits per heavy atom. The second-order valence-electron chi connectivity index (χ2n) is 4.05. The van der Waals surface area contributed by atoms with E-state index >= 15 is 0 Å². The highest BCUT2D eigenvalue weighted by atomic mass is 16.5. The average Bonchev–Trinajstić information content (AvgIpc) is 2.21. The first kappa shape index (κ1) is 14.1. The van der Waals surface area contributed by atoms with Gasteiger partial charge in [-0.1, -0.05) is 20.8 Å².